The van der Waals surface area contributed by atoms with Crippen molar-refractivity contribution in [2.45, 2.75) is 37.4 Å². The molecule has 0 saturated carbocycles. The van der Waals surface area contributed by atoms with E-state index in [9.17, 15) is 0 Å². The van der Waals surface area contributed by atoms with Gasteiger partial charge in [-0.25, -0.2) is 9.97 Å². The molecule has 3 aromatic rings. The largest absolute Gasteiger partial charge is 0.488 e. The molecule has 3 heterocycles. The summed E-state index contributed by atoms with van der Waals surface area (Å²) in [4.78, 5) is 11.6. The van der Waals surface area contributed by atoms with E-state index in [-0.39, 0.29) is 6.10 Å². The van der Waals surface area contributed by atoms with Crippen LogP contribution in [0.15, 0.2) is 53.0 Å². The molecule has 0 aliphatic carbocycles. The first-order chi connectivity index (χ1) is 13.6. The number of ether oxygens (including phenoxy) is 1. The number of aromatic nitrogens is 2. The lowest BCUT2D eigenvalue weighted by Crippen LogP contribution is -2.53. The first-order valence-electron chi connectivity index (χ1n) is 9.54. The molecule has 1 saturated heterocycles. The molecule has 0 bridgehead atoms. The van der Waals surface area contributed by atoms with Gasteiger partial charge in [0, 0.05) is 30.2 Å². The van der Waals surface area contributed by atoms with Crippen LogP contribution in [-0.4, -0.2) is 40.3 Å². The molecule has 4 rings (SSSR count). The molecule has 6 heteroatoms. The normalized spacial score (nSPS) is 15.0. The fourth-order valence-electron chi connectivity index (χ4n) is 3.17. The highest BCUT2D eigenvalue weighted by Gasteiger charge is 2.29. The fraction of sp³-hybridized carbons (Fsp3) is 0.364. The van der Waals surface area contributed by atoms with Crippen molar-refractivity contribution < 1.29 is 4.74 Å². The lowest BCUT2D eigenvalue weighted by Gasteiger charge is -2.38. The van der Waals surface area contributed by atoms with Crippen LogP contribution in [0, 0.1) is 0 Å². The molecule has 0 radical (unpaired) electrons. The van der Waals surface area contributed by atoms with E-state index in [0.29, 0.717) is 5.92 Å². The standard InChI is InChI=1S/C22H25N3OS2/c1-15(2)20-14-28-22(24-20)13-25-11-19(12-25)26-18-7-4-16(5-8-18)17-6-9-21(27-3)23-10-17/h4-10,14-15,19H,11-13H2,1-3H3. The minimum absolute atomic E-state index is 0.262. The van der Waals surface area contributed by atoms with Crippen LogP contribution in [0.25, 0.3) is 11.1 Å². The second-order valence-electron chi connectivity index (χ2n) is 7.37. The van der Waals surface area contributed by atoms with Gasteiger partial charge in [-0.15, -0.1) is 23.1 Å². The fourth-order valence-corrected chi connectivity index (χ4v) is 4.53. The van der Waals surface area contributed by atoms with E-state index in [1.54, 1.807) is 23.1 Å². The van der Waals surface area contributed by atoms with Crippen LogP contribution in [0.4, 0.5) is 0 Å². The highest BCUT2D eigenvalue weighted by Crippen LogP contribution is 2.26. The average Bonchev–Trinajstić information content (AvgIpc) is 3.16. The van der Waals surface area contributed by atoms with E-state index in [4.69, 9.17) is 9.72 Å². The van der Waals surface area contributed by atoms with E-state index in [0.717, 1.165) is 41.5 Å². The third-order valence-electron chi connectivity index (χ3n) is 4.88. The summed E-state index contributed by atoms with van der Waals surface area (Å²) in [5.41, 5.74) is 3.49. The Morgan fingerprint density at radius 1 is 1.14 bits per heavy atom. The SMILES string of the molecule is CSc1ccc(-c2ccc(OC3CN(Cc4nc(C(C)C)cs4)C3)cc2)cn1. The van der Waals surface area contributed by atoms with Gasteiger partial charge in [-0.2, -0.15) is 0 Å². The summed E-state index contributed by atoms with van der Waals surface area (Å²) in [5, 5.41) is 4.42. The Labute approximate surface area is 175 Å². The van der Waals surface area contributed by atoms with Crippen LogP contribution in [0.2, 0.25) is 0 Å². The van der Waals surface area contributed by atoms with Gasteiger partial charge in [0.1, 0.15) is 16.9 Å². The Kier molecular flexibility index (Phi) is 5.99. The molecule has 0 N–H and O–H groups in total. The van der Waals surface area contributed by atoms with Crippen molar-refractivity contribution in [2.75, 3.05) is 19.3 Å². The molecular weight excluding hydrogens is 386 g/mol. The number of hydrogen-bond acceptors (Lipinski definition) is 6. The Morgan fingerprint density at radius 3 is 2.50 bits per heavy atom. The van der Waals surface area contributed by atoms with Crippen LogP contribution in [0.3, 0.4) is 0 Å². The summed E-state index contributed by atoms with van der Waals surface area (Å²) in [6.07, 6.45) is 4.22. The number of benzene rings is 1. The zero-order chi connectivity index (χ0) is 19.5. The third kappa shape index (κ3) is 4.57. The molecule has 0 atom stereocenters. The minimum atomic E-state index is 0.262. The number of likely N-dealkylation sites (tertiary alicyclic amines) is 1. The number of thiazole rings is 1. The van der Waals surface area contributed by atoms with Gasteiger partial charge in [0.15, 0.2) is 0 Å². The quantitative estimate of drug-likeness (QED) is 0.492. The van der Waals surface area contributed by atoms with Crippen LogP contribution >= 0.6 is 23.1 Å². The summed E-state index contributed by atoms with van der Waals surface area (Å²) < 4.78 is 6.11. The maximum Gasteiger partial charge on any atom is 0.124 e. The Bertz CT molecular complexity index is 900. The molecular formula is C22H25N3OS2. The van der Waals surface area contributed by atoms with Crippen molar-refractivity contribution in [3.8, 4) is 16.9 Å². The molecule has 0 unspecified atom stereocenters. The number of pyridine rings is 1. The molecule has 28 heavy (non-hydrogen) atoms. The highest BCUT2D eigenvalue weighted by molar-refractivity contribution is 7.98. The van der Waals surface area contributed by atoms with E-state index in [2.05, 4.69) is 65.5 Å². The summed E-state index contributed by atoms with van der Waals surface area (Å²) >= 11 is 3.42. The number of hydrogen-bond donors (Lipinski definition) is 0. The zero-order valence-corrected chi connectivity index (χ0v) is 18.1. The Balaban J connectivity index is 1.27. The highest BCUT2D eigenvalue weighted by atomic mass is 32.2. The Hall–Kier alpha value is -1.89. The smallest absolute Gasteiger partial charge is 0.124 e. The first kappa shape index (κ1) is 19.4. The zero-order valence-electron chi connectivity index (χ0n) is 16.5. The van der Waals surface area contributed by atoms with E-state index in [1.165, 1.54) is 10.7 Å². The van der Waals surface area contributed by atoms with Gasteiger partial charge in [-0.05, 0) is 35.9 Å². The van der Waals surface area contributed by atoms with E-state index < -0.39 is 0 Å². The van der Waals surface area contributed by atoms with Gasteiger partial charge in [0.25, 0.3) is 0 Å². The van der Waals surface area contributed by atoms with E-state index in [1.807, 2.05) is 12.5 Å². The second kappa shape index (κ2) is 8.64. The van der Waals surface area contributed by atoms with Gasteiger partial charge >= 0.3 is 0 Å². The summed E-state index contributed by atoms with van der Waals surface area (Å²) in [6, 6.07) is 12.5. The molecule has 2 aromatic heterocycles. The van der Waals surface area contributed by atoms with Crippen LogP contribution in [0.5, 0.6) is 5.75 Å². The molecule has 4 nitrogen and oxygen atoms in total. The summed E-state index contributed by atoms with van der Waals surface area (Å²) in [7, 11) is 0. The van der Waals surface area contributed by atoms with Crippen LogP contribution in [0.1, 0.15) is 30.5 Å². The van der Waals surface area contributed by atoms with Crippen molar-refractivity contribution in [3.05, 3.63) is 58.7 Å². The molecule has 1 aliphatic rings. The maximum absolute atomic E-state index is 6.11. The van der Waals surface area contributed by atoms with Crippen LogP contribution in [-0.2, 0) is 6.54 Å². The Morgan fingerprint density at radius 2 is 1.89 bits per heavy atom. The third-order valence-corrected chi connectivity index (χ3v) is 6.39. The van der Waals surface area contributed by atoms with Gasteiger partial charge in [-0.1, -0.05) is 32.0 Å². The molecule has 0 spiro atoms. The summed E-state index contributed by atoms with van der Waals surface area (Å²) in [6.45, 7) is 7.22. The topological polar surface area (TPSA) is 38.2 Å². The number of thioether (sulfide) groups is 1. The van der Waals surface area contributed by atoms with Gasteiger partial charge in [0.2, 0.25) is 0 Å². The van der Waals surface area contributed by atoms with Crippen molar-refractivity contribution in [3.63, 3.8) is 0 Å². The van der Waals surface area contributed by atoms with Crippen molar-refractivity contribution in [1.82, 2.24) is 14.9 Å². The van der Waals surface area contributed by atoms with Gasteiger partial charge in [-0.3, -0.25) is 4.90 Å². The van der Waals surface area contributed by atoms with Crippen molar-refractivity contribution in [2.24, 2.45) is 0 Å². The van der Waals surface area contributed by atoms with E-state index >= 15 is 0 Å². The number of nitrogens with zero attached hydrogens (tertiary/aromatic N) is 3. The van der Waals surface area contributed by atoms with Gasteiger partial charge in [0.05, 0.1) is 17.3 Å². The molecule has 1 aliphatic heterocycles. The predicted molar refractivity (Wildman–Crippen MR) is 117 cm³/mol. The average molecular weight is 412 g/mol. The summed E-state index contributed by atoms with van der Waals surface area (Å²) in [5.74, 6) is 1.43. The molecule has 0 amide bonds. The predicted octanol–water partition coefficient (Wildman–Crippen LogP) is 5.31. The lowest BCUT2D eigenvalue weighted by molar-refractivity contribution is 0.0145. The number of rotatable bonds is 7. The minimum Gasteiger partial charge on any atom is -0.488 e. The van der Waals surface area contributed by atoms with Crippen molar-refractivity contribution >= 4 is 23.1 Å². The van der Waals surface area contributed by atoms with Crippen LogP contribution < -0.4 is 4.74 Å². The molecule has 1 aromatic carbocycles. The van der Waals surface area contributed by atoms with Crippen molar-refractivity contribution in [1.29, 1.82) is 0 Å². The molecule has 146 valence electrons. The second-order valence-corrected chi connectivity index (χ2v) is 9.14. The monoisotopic (exact) mass is 411 g/mol. The molecule has 1 fully saturated rings. The maximum atomic E-state index is 6.11. The first-order valence-corrected chi connectivity index (χ1v) is 11.6. The lowest BCUT2D eigenvalue weighted by atomic mass is 10.1. The van der Waals surface area contributed by atoms with Gasteiger partial charge < -0.3 is 4.74 Å².